The first-order valence-electron chi connectivity index (χ1n) is 8.33. The molecule has 0 aliphatic heterocycles. The number of aliphatic hydroxyl groups is 2. The van der Waals surface area contributed by atoms with Crippen LogP contribution in [0.25, 0.3) is 0 Å². The molecule has 0 saturated heterocycles. The zero-order valence-corrected chi connectivity index (χ0v) is 13.9. The second-order valence-electron chi connectivity index (χ2n) is 10.2. The van der Waals surface area contributed by atoms with E-state index >= 15 is 0 Å². The summed E-state index contributed by atoms with van der Waals surface area (Å²) in [5, 5.41) is 21.2. The van der Waals surface area contributed by atoms with Crippen molar-refractivity contribution in [1.82, 2.24) is 0 Å². The number of aliphatic hydroxyl groups excluding tert-OH is 2. The average Bonchev–Trinajstić information content (AvgIpc) is 2.04. The molecule has 0 radical (unpaired) electrons. The van der Waals surface area contributed by atoms with Gasteiger partial charge in [0.05, 0.1) is 12.2 Å². The Balaban J connectivity index is 2.04. The highest BCUT2D eigenvalue weighted by molar-refractivity contribution is 5.14. The van der Waals surface area contributed by atoms with Gasteiger partial charge in [-0.15, -0.1) is 0 Å². The summed E-state index contributed by atoms with van der Waals surface area (Å²) in [6.45, 7) is 11.6. The van der Waals surface area contributed by atoms with Crippen LogP contribution < -0.4 is 0 Å². The largest absolute Gasteiger partial charge is 0.393 e. The molecule has 4 rings (SSSR count). The zero-order chi connectivity index (χ0) is 15.0. The van der Waals surface area contributed by atoms with E-state index in [1.807, 2.05) is 0 Å². The molecule has 0 aromatic heterocycles. The minimum Gasteiger partial charge on any atom is -0.393 e. The molecule has 0 aromatic rings. The van der Waals surface area contributed by atoms with Crippen LogP contribution in [0, 0.1) is 27.6 Å². The molecule has 5 atom stereocenters. The molecule has 2 bridgehead atoms. The predicted octanol–water partition coefficient (Wildman–Crippen LogP) is 3.75. The Morgan fingerprint density at radius 1 is 0.800 bits per heavy atom. The van der Waals surface area contributed by atoms with Gasteiger partial charge in [-0.2, -0.15) is 0 Å². The van der Waals surface area contributed by atoms with Crippen LogP contribution in [-0.4, -0.2) is 22.4 Å². The van der Waals surface area contributed by atoms with Crippen molar-refractivity contribution in [3.05, 3.63) is 0 Å². The molecule has 4 aliphatic rings. The third-order valence-corrected chi connectivity index (χ3v) is 6.51. The van der Waals surface area contributed by atoms with E-state index in [4.69, 9.17) is 0 Å². The highest BCUT2D eigenvalue weighted by Gasteiger charge is 2.64. The van der Waals surface area contributed by atoms with E-state index in [0.717, 1.165) is 25.7 Å². The lowest BCUT2D eigenvalue weighted by atomic mass is 9.38. The molecule has 0 unspecified atom stereocenters. The van der Waals surface area contributed by atoms with Gasteiger partial charge in [0, 0.05) is 0 Å². The van der Waals surface area contributed by atoms with Crippen LogP contribution in [0.3, 0.4) is 0 Å². The first-order valence-corrected chi connectivity index (χ1v) is 8.33. The first kappa shape index (κ1) is 14.8. The Morgan fingerprint density at radius 3 is 1.95 bits per heavy atom. The van der Waals surface area contributed by atoms with Crippen molar-refractivity contribution in [3.63, 3.8) is 0 Å². The van der Waals surface area contributed by atoms with Gasteiger partial charge in [-0.1, -0.05) is 34.6 Å². The molecular formula is C18H32O2. The van der Waals surface area contributed by atoms with Gasteiger partial charge in [0.1, 0.15) is 0 Å². The third kappa shape index (κ3) is 2.14. The van der Waals surface area contributed by atoms with Gasteiger partial charge in [0.25, 0.3) is 0 Å². The highest BCUT2D eigenvalue weighted by atomic mass is 16.3. The summed E-state index contributed by atoms with van der Waals surface area (Å²) >= 11 is 0. The van der Waals surface area contributed by atoms with Crippen LogP contribution in [0.15, 0.2) is 0 Å². The van der Waals surface area contributed by atoms with Gasteiger partial charge in [-0.05, 0) is 66.1 Å². The number of fused-ring (bicyclic) bond motifs is 2. The van der Waals surface area contributed by atoms with Gasteiger partial charge in [0.2, 0.25) is 0 Å². The summed E-state index contributed by atoms with van der Waals surface area (Å²) in [7, 11) is 0. The van der Waals surface area contributed by atoms with E-state index in [0.29, 0.717) is 5.92 Å². The lowest BCUT2D eigenvalue weighted by Crippen LogP contribution is -2.63. The fraction of sp³-hybridized carbons (Fsp3) is 1.00. The maximum absolute atomic E-state index is 10.8. The lowest BCUT2D eigenvalue weighted by Gasteiger charge is -2.68. The molecule has 2 heteroatoms. The lowest BCUT2D eigenvalue weighted by molar-refractivity contribution is -0.225. The normalized spacial score (nSPS) is 53.2. The monoisotopic (exact) mass is 280 g/mol. The molecule has 4 saturated carbocycles. The van der Waals surface area contributed by atoms with Crippen LogP contribution in [0.4, 0.5) is 0 Å². The Morgan fingerprint density at radius 2 is 1.45 bits per heavy atom. The molecular weight excluding hydrogens is 248 g/mol. The van der Waals surface area contributed by atoms with Crippen LogP contribution in [0.2, 0.25) is 0 Å². The molecule has 0 aromatic carbocycles. The molecule has 0 heterocycles. The van der Waals surface area contributed by atoms with Gasteiger partial charge in [-0.3, -0.25) is 0 Å². The maximum Gasteiger partial charge on any atom is 0.0584 e. The maximum atomic E-state index is 10.8. The van der Waals surface area contributed by atoms with Crippen molar-refractivity contribution in [2.45, 2.75) is 85.4 Å². The SMILES string of the molecule is CC1(C)C[C@H](O)C[C@]2(C1)C[C@@]1(C)C[C@@H](O)[C@H]2C(C)(C)C1. The summed E-state index contributed by atoms with van der Waals surface area (Å²) in [4.78, 5) is 0. The van der Waals surface area contributed by atoms with E-state index in [1.165, 1.54) is 12.8 Å². The van der Waals surface area contributed by atoms with Gasteiger partial charge in [0.15, 0.2) is 0 Å². The molecule has 4 fully saturated rings. The molecule has 20 heavy (non-hydrogen) atoms. The van der Waals surface area contributed by atoms with Crippen LogP contribution in [0.1, 0.15) is 73.1 Å². The van der Waals surface area contributed by atoms with E-state index in [2.05, 4.69) is 34.6 Å². The Kier molecular flexibility index (Phi) is 2.98. The standard InChI is InChI=1S/C18H32O2/c1-15(2)6-12(19)7-18(9-15)11-17(5)8-13(20)14(18)16(3,4)10-17/h12-14,19-20H,6-11H2,1-5H3/t12-,13+,14-,17-,18-/m0/s1. The van der Waals surface area contributed by atoms with Crippen molar-refractivity contribution in [1.29, 1.82) is 0 Å². The summed E-state index contributed by atoms with van der Waals surface area (Å²) < 4.78 is 0. The number of rotatable bonds is 0. The summed E-state index contributed by atoms with van der Waals surface area (Å²) in [5.41, 5.74) is 0.791. The van der Waals surface area contributed by atoms with Crippen molar-refractivity contribution in [2.75, 3.05) is 0 Å². The minimum absolute atomic E-state index is 0.148. The molecule has 1 spiro atoms. The van der Waals surface area contributed by atoms with Crippen molar-refractivity contribution in [3.8, 4) is 0 Å². The fourth-order valence-electron chi connectivity index (χ4n) is 7.41. The predicted molar refractivity (Wildman–Crippen MR) is 81.3 cm³/mol. The van der Waals surface area contributed by atoms with E-state index in [9.17, 15) is 10.2 Å². The Hall–Kier alpha value is -0.0800. The smallest absolute Gasteiger partial charge is 0.0584 e. The summed E-state index contributed by atoms with van der Waals surface area (Å²) in [5.74, 6) is 0.353. The second kappa shape index (κ2) is 4.01. The Bertz CT molecular complexity index is 407. The van der Waals surface area contributed by atoms with Gasteiger partial charge in [-0.25, -0.2) is 0 Å². The zero-order valence-electron chi connectivity index (χ0n) is 13.9. The Labute approximate surface area is 124 Å². The van der Waals surface area contributed by atoms with Crippen molar-refractivity contribution in [2.24, 2.45) is 27.6 Å². The van der Waals surface area contributed by atoms with E-state index in [-0.39, 0.29) is 33.9 Å². The molecule has 116 valence electrons. The summed E-state index contributed by atoms with van der Waals surface area (Å²) in [6.07, 6.45) is 5.98. The van der Waals surface area contributed by atoms with Gasteiger partial charge >= 0.3 is 0 Å². The van der Waals surface area contributed by atoms with E-state index < -0.39 is 0 Å². The molecule has 2 N–H and O–H groups in total. The topological polar surface area (TPSA) is 40.5 Å². The molecule has 4 aliphatic carbocycles. The van der Waals surface area contributed by atoms with Gasteiger partial charge < -0.3 is 10.2 Å². The quantitative estimate of drug-likeness (QED) is 0.709. The third-order valence-electron chi connectivity index (χ3n) is 6.51. The summed E-state index contributed by atoms with van der Waals surface area (Å²) in [6, 6.07) is 0. The molecule has 2 nitrogen and oxygen atoms in total. The minimum atomic E-state index is -0.190. The van der Waals surface area contributed by atoms with Crippen LogP contribution >= 0.6 is 0 Å². The van der Waals surface area contributed by atoms with E-state index in [1.54, 1.807) is 0 Å². The van der Waals surface area contributed by atoms with Crippen molar-refractivity contribution >= 4 is 0 Å². The number of hydrogen-bond acceptors (Lipinski definition) is 2. The van der Waals surface area contributed by atoms with Crippen LogP contribution in [-0.2, 0) is 0 Å². The first-order chi connectivity index (χ1) is 8.97. The van der Waals surface area contributed by atoms with Crippen molar-refractivity contribution < 1.29 is 10.2 Å². The highest BCUT2D eigenvalue weighted by Crippen LogP contribution is 2.70. The molecule has 0 amide bonds. The van der Waals surface area contributed by atoms with Crippen LogP contribution in [0.5, 0.6) is 0 Å². The average molecular weight is 280 g/mol. The fourth-order valence-corrected chi connectivity index (χ4v) is 7.41. The number of hydrogen-bond donors (Lipinski definition) is 2. The second-order valence-corrected chi connectivity index (χ2v) is 10.2.